The van der Waals surface area contributed by atoms with Crippen molar-refractivity contribution < 1.29 is 9.47 Å². The Bertz CT molecular complexity index is 585. The fourth-order valence-electron chi connectivity index (χ4n) is 2.13. The van der Waals surface area contributed by atoms with Crippen molar-refractivity contribution >= 4 is 27.3 Å². The van der Waals surface area contributed by atoms with Crippen LogP contribution in [0.2, 0.25) is 0 Å². The third-order valence-corrected chi connectivity index (χ3v) is 4.97. The standard InChI is InChI=1S/C16H20BrNO2S/c1-3-11-6-9-21-16(11)15(18)12-4-5-14(13(17)10-12)20-8-7-19-2/h4-6,9-10,15H,3,7-8,18H2,1-2H3. The number of ether oxygens (including phenoxy) is 2. The molecule has 5 heteroatoms. The molecule has 1 heterocycles. The highest BCUT2D eigenvalue weighted by atomic mass is 79.9. The second-order valence-electron chi connectivity index (χ2n) is 4.67. The summed E-state index contributed by atoms with van der Waals surface area (Å²) in [5.41, 5.74) is 8.81. The second-order valence-corrected chi connectivity index (χ2v) is 6.47. The van der Waals surface area contributed by atoms with E-state index in [1.807, 2.05) is 18.2 Å². The maximum Gasteiger partial charge on any atom is 0.133 e. The van der Waals surface area contributed by atoms with Crippen LogP contribution in [0.3, 0.4) is 0 Å². The molecular formula is C16H20BrNO2S. The summed E-state index contributed by atoms with van der Waals surface area (Å²) in [7, 11) is 1.66. The maximum atomic E-state index is 6.41. The molecule has 0 aliphatic carbocycles. The molecule has 21 heavy (non-hydrogen) atoms. The lowest BCUT2D eigenvalue weighted by Gasteiger charge is -2.15. The molecule has 114 valence electrons. The Kier molecular flexibility index (Phi) is 6.23. The zero-order valence-corrected chi connectivity index (χ0v) is 14.7. The third-order valence-electron chi connectivity index (χ3n) is 3.30. The number of rotatable bonds is 7. The van der Waals surface area contributed by atoms with E-state index in [2.05, 4.69) is 34.3 Å². The van der Waals surface area contributed by atoms with Gasteiger partial charge >= 0.3 is 0 Å². The van der Waals surface area contributed by atoms with E-state index in [4.69, 9.17) is 15.2 Å². The van der Waals surface area contributed by atoms with Crippen molar-refractivity contribution in [2.45, 2.75) is 19.4 Å². The molecule has 1 unspecified atom stereocenters. The summed E-state index contributed by atoms with van der Waals surface area (Å²) in [6, 6.07) is 8.07. The van der Waals surface area contributed by atoms with E-state index in [0.29, 0.717) is 13.2 Å². The van der Waals surface area contributed by atoms with Gasteiger partial charge in [-0.3, -0.25) is 0 Å². The molecule has 1 aromatic heterocycles. The number of hydrogen-bond acceptors (Lipinski definition) is 4. The Labute approximate surface area is 138 Å². The molecule has 2 rings (SSSR count). The second kappa shape index (κ2) is 7.94. The van der Waals surface area contributed by atoms with Gasteiger partial charge in [-0.15, -0.1) is 11.3 Å². The van der Waals surface area contributed by atoms with Gasteiger partial charge in [0.25, 0.3) is 0 Å². The molecular weight excluding hydrogens is 350 g/mol. The van der Waals surface area contributed by atoms with Crippen LogP contribution in [0.4, 0.5) is 0 Å². The highest BCUT2D eigenvalue weighted by molar-refractivity contribution is 9.10. The molecule has 2 N–H and O–H groups in total. The monoisotopic (exact) mass is 369 g/mol. The predicted octanol–water partition coefficient (Wildman–Crippen LogP) is 4.15. The summed E-state index contributed by atoms with van der Waals surface area (Å²) < 4.78 is 11.5. The number of aryl methyl sites for hydroxylation is 1. The fourth-order valence-corrected chi connectivity index (χ4v) is 3.66. The van der Waals surface area contributed by atoms with Crippen LogP contribution in [-0.2, 0) is 11.2 Å². The van der Waals surface area contributed by atoms with Crippen LogP contribution in [0.5, 0.6) is 5.75 Å². The van der Waals surface area contributed by atoms with E-state index >= 15 is 0 Å². The molecule has 0 aliphatic rings. The van der Waals surface area contributed by atoms with Gasteiger partial charge in [-0.05, 0) is 57.1 Å². The van der Waals surface area contributed by atoms with Crippen LogP contribution in [-0.4, -0.2) is 20.3 Å². The third kappa shape index (κ3) is 4.07. The van der Waals surface area contributed by atoms with Crippen molar-refractivity contribution in [2.75, 3.05) is 20.3 Å². The lowest BCUT2D eigenvalue weighted by Crippen LogP contribution is -2.12. The van der Waals surface area contributed by atoms with Gasteiger partial charge in [-0.1, -0.05) is 13.0 Å². The fraction of sp³-hybridized carbons (Fsp3) is 0.375. The van der Waals surface area contributed by atoms with Crippen LogP contribution in [0.15, 0.2) is 34.1 Å². The summed E-state index contributed by atoms with van der Waals surface area (Å²) in [5, 5.41) is 2.10. The Morgan fingerprint density at radius 3 is 2.76 bits per heavy atom. The highest BCUT2D eigenvalue weighted by Crippen LogP contribution is 2.33. The van der Waals surface area contributed by atoms with Crippen LogP contribution in [0, 0.1) is 0 Å². The van der Waals surface area contributed by atoms with Crippen LogP contribution >= 0.6 is 27.3 Å². The zero-order chi connectivity index (χ0) is 15.2. The van der Waals surface area contributed by atoms with E-state index in [0.717, 1.165) is 22.2 Å². The van der Waals surface area contributed by atoms with Gasteiger partial charge in [0.2, 0.25) is 0 Å². The molecule has 0 fully saturated rings. The van der Waals surface area contributed by atoms with Crippen LogP contribution in [0.1, 0.15) is 29.0 Å². The lowest BCUT2D eigenvalue weighted by atomic mass is 10.0. The van der Waals surface area contributed by atoms with E-state index in [1.54, 1.807) is 18.4 Å². The molecule has 0 saturated heterocycles. The summed E-state index contributed by atoms with van der Waals surface area (Å²) in [4.78, 5) is 1.23. The van der Waals surface area contributed by atoms with Crippen molar-refractivity contribution in [1.82, 2.24) is 0 Å². The lowest BCUT2D eigenvalue weighted by molar-refractivity contribution is 0.146. The first-order valence-corrected chi connectivity index (χ1v) is 8.57. The minimum Gasteiger partial charge on any atom is -0.490 e. The first-order chi connectivity index (χ1) is 10.2. The molecule has 0 amide bonds. The summed E-state index contributed by atoms with van der Waals surface area (Å²) in [5.74, 6) is 0.810. The normalized spacial score (nSPS) is 12.4. The topological polar surface area (TPSA) is 44.5 Å². The molecule has 2 aromatic rings. The van der Waals surface area contributed by atoms with Crippen molar-refractivity contribution in [3.8, 4) is 5.75 Å². The average molecular weight is 370 g/mol. The molecule has 1 aromatic carbocycles. The molecule has 0 spiro atoms. The summed E-state index contributed by atoms with van der Waals surface area (Å²) in [6.45, 7) is 3.26. The molecule has 3 nitrogen and oxygen atoms in total. The smallest absolute Gasteiger partial charge is 0.133 e. The van der Waals surface area contributed by atoms with E-state index in [-0.39, 0.29) is 6.04 Å². The number of halogens is 1. The van der Waals surface area contributed by atoms with Gasteiger partial charge in [-0.25, -0.2) is 0 Å². The van der Waals surface area contributed by atoms with Gasteiger partial charge < -0.3 is 15.2 Å². The van der Waals surface area contributed by atoms with Gasteiger partial charge in [-0.2, -0.15) is 0 Å². The van der Waals surface area contributed by atoms with Crippen molar-refractivity contribution in [1.29, 1.82) is 0 Å². The Hall–Kier alpha value is -0.880. The number of hydrogen-bond donors (Lipinski definition) is 1. The maximum absolute atomic E-state index is 6.41. The van der Waals surface area contributed by atoms with Crippen LogP contribution < -0.4 is 10.5 Å². The minimum absolute atomic E-state index is 0.0933. The van der Waals surface area contributed by atoms with Gasteiger partial charge in [0.15, 0.2) is 0 Å². The van der Waals surface area contributed by atoms with Gasteiger partial charge in [0.1, 0.15) is 12.4 Å². The van der Waals surface area contributed by atoms with E-state index < -0.39 is 0 Å². The number of methoxy groups -OCH3 is 1. The average Bonchev–Trinajstić information content (AvgIpc) is 2.96. The van der Waals surface area contributed by atoms with Crippen LogP contribution in [0.25, 0.3) is 0 Å². The Morgan fingerprint density at radius 2 is 2.10 bits per heavy atom. The van der Waals surface area contributed by atoms with E-state index in [1.165, 1.54) is 10.4 Å². The van der Waals surface area contributed by atoms with Crippen molar-refractivity contribution in [2.24, 2.45) is 5.73 Å². The first kappa shape index (κ1) is 16.5. The number of benzene rings is 1. The van der Waals surface area contributed by atoms with Gasteiger partial charge in [0, 0.05) is 12.0 Å². The molecule has 0 radical (unpaired) electrons. The van der Waals surface area contributed by atoms with Gasteiger partial charge in [0.05, 0.1) is 17.1 Å². The Balaban J connectivity index is 2.15. The summed E-state index contributed by atoms with van der Waals surface area (Å²) in [6.07, 6.45) is 1.01. The SMILES string of the molecule is CCc1ccsc1C(N)c1ccc(OCCOC)c(Br)c1. The highest BCUT2D eigenvalue weighted by Gasteiger charge is 2.15. The zero-order valence-electron chi connectivity index (χ0n) is 12.3. The van der Waals surface area contributed by atoms with Crippen molar-refractivity contribution in [3.63, 3.8) is 0 Å². The quantitative estimate of drug-likeness (QED) is 0.745. The molecule has 0 saturated carbocycles. The summed E-state index contributed by atoms with van der Waals surface area (Å²) >= 11 is 5.26. The van der Waals surface area contributed by atoms with Crippen molar-refractivity contribution in [3.05, 3.63) is 50.1 Å². The number of nitrogens with two attached hydrogens (primary N) is 1. The Morgan fingerprint density at radius 1 is 1.29 bits per heavy atom. The first-order valence-electron chi connectivity index (χ1n) is 6.90. The molecule has 0 bridgehead atoms. The largest absolute Gasteiger partial charge is 0.490 e. The molecule has 1 atom stereocenters. The minimum atomic E-state index is -0.0933. The molecule has 0 aliphatic heterocycles. The van der Waals surface area contributed by atoms with E-state index in [9.17, 15) is 0 Å². The number of thiophene rings is 1. The predicted molar refractivity (Wildman–Crippen MR) is 91.2 cm³/mol.